The number of rotatable bonds is 2. The molecule has 0 unspecified atom stereocenters. The van der Waals surface area contributed by atoms with Gasteiger partial charge in [-0.1, -0.05) is 23.2 Å². The van der Waals surface area contributed by atoms with Gasteiger partial charge in [0, 0.05) is 30.2 Å². The first-order chi connectivity index (χ1) is 9.74. The molecule has 0 radical (unpaired) electrons. The molecule has 7 heteroatoms. The first-order valence-corrected chi connectivity index (χ1v) is 7.33. The summed E-state index contributed by atoms with van der Waals surface area (Å²) in [7, 11) is 0. The van der Waals surface area contributed by atoms with Crippen molar-refractivity contribution in [2.24, 2.45) is 0 Å². The van der Waals surface area contributed by atoms with Crippen LogP contribution < -0.4 is 10.2 Å². The van der Waals surface area contributed by atoms with Crippen LogP contribution in [0.25, 0.3) is 11.4 Å². The van der Waals surface area contributed by atoms with Gasteiger partial charge in [0.25, 0.3) is 0 Å². The molecule has 0 bridgehead atoms. The third kappa shape index (κ3) is 2.90. The third-order valence-electron chi connectivity index (χ3n) is 3.28. The van der Waals surface area contributed by atoms with Crippen molar-refractivity contribution in [2.45, 2.75) is 6.42 Å². The van der Waals surface area contributed by atoms with E-state index in [9.17, 15) is 0 Å². The van der Waals surface area contributed by atoms with Crippen molar-refractivity contribution in [3.8, 4) is 11.4 Å². The lowest BCUT2D eigenvalue weighted by molar-refractivity contribution is 0.724. The van der Waals surface area contributed by atoms with Gasteiger partial charge >= 0.3 is 0 Å². The average Bonchev–Trinajstić information content (AvgIpc) is 2.77. The Labute approximate surface area is 127 Å². The van der Waals surface area contributed by atoms with E-state index < -0.39 is 0 Å². The standard InChI is InChI=1S/C13H15Cl2N5/c14-9-2-3-11(15)10(8-9)12-17-13(19-18-12)20-6-1-4-16-5-7-20/h2-3,8,16H,1,4-7H2,(H,17,18,19). The van der Waals surface area contributed by atoms with Crippen LogP contribution in [0.3, 0.4) is 0 Å². The molecule has 2 heterocycles. The number of aromatic amines is 1. The minimum atomic E-state index is 0.606. The highest BCUT2D eigenvalue weighted by molar-refractivity contribution is 6.35. The van der Waals surface area contributed by atoms with E-state index in [1.165, 1.54) is 0 Å². The second kappa shape index (κ2) is 5.99. The molecule has 20 heavy (non-hydrogen) atoms. The summed E-state index contributed by atoms with van der Waals surface area (Å²) in [5.74, 6) is 1.35. The topological polar surface area (TPSA) is 56.8 Å². The first-order valence-electron chi connectivity index (χ1n) is 6.57. The fourth-order valence-electron chi connectivity index (χ4n) is 2.24. The van der Waals surface area contributed by atoms with Crippen molar-refractivity contribution in [2.75, 3.05) is 31.1 Å². The Hall–Kier alpha value is -1.30. The summed E-state index contributed by atoms with van der Waals surface area (Å²) in [4.78, 5) is 6.70. The van der Waals surface area contributed by atoms with Gasteiger partial charge in [-0.3, -0.25) is 5.10 Å². The van der Waals surface area contributed by atoms with Gasteiger partial charge in [0.1, 0.15) is 0 Å². The maximum atomic E-state index is 6.18. The molecule has 1 saturated heterocycles. The van der Waals surface area contributed by atoms with Gasteiger partial charge in [0.2, 0.25) is 5.95 Å². The summed E-state index contributed by atoms with van der Waals surface area (Å²) in [6.07, 6.45) is 1.09. The van der Waals surface area contributed by atoms with Crippen LogP contribution in [0.5, 0.6) is 0 Å². The largest absolute Gasteiger partial charge is 0.338 e. The highest BCUT2D eigenvalue weighted by Gasteiger charge is 2.16. The van der Waals surface area contributed by atoms with E-state index in [4.69, 9.17) is 23.2 Å². The van der Waals surface area contributed by atoms with Gasteiger partial charge in [0.05, 0.1) is 5.02 Å². The molecule has 2 N–H and O–H groups in total. The maximum absolute atomic E-state index is 6.18. The van der Waals surface area contributed by atoms with Crippen LogP contribution in [0.15, 0.2) is 18.2 Å². The van der Waals surface area contributed by atoms with Gasteiger partial charge in [-0.2, -0.15) is 4.98 Å². The smallest absolute Gasteiger partial charge is 0.245 e. The molecular weight excluding hydrogens is 297 g/mol. The summed E-state index contributed by atoms with van der Waals surface area (Å²) in [5, 5.41) is 11.8. The van der Waals surface area contributed by atoms with Crippen molar-refractivity contribution in [1.29, 1.82) is 0 Å². The molecule has 106 valence electrons. The fraction of sp³-hybridized carbons (Fsp3) is 0.385. The number of H-pyrrole nitrogens is 1. The lowest BCUT2D eigenvalue weighted by Crippen LogP contribution is -2.28. The van der Waals surface area contributed by atoms with Gasteiger partial charge in [-0.25, -0.2) is 0 Å². The molecule has 5 nitrogen and oxygen atoms in total. The van der Waals surface area contributed by atoms with E-state index in [1.807, 2.05) is 0 Å². The maximum Gasteiger partial charge on any atom is 0.245 e. The van der Waals surface area contributed by atoms with Crippen molar-refractivity contribution >= 4 is 29.2 Å². The first kappa shape index (κ1) is 13.7. The molecule has 1 fully saturated rings. The van der Waals surface area contributed by atoms with Crippen LogP contribution in [0.2, 0.25) is 10.0 Å². The minimum Gasteiger partial charge on any atom is -0.338 e. The summed E-state index contributed by atoms with van der Waals surface area (Å²) in [6, 6.07) is 5.31. The van der Waals surface area contributed by atoms with E-state index in [1.54, 1.807) is 18.2 Å². The quantitative estimate of drug-likeness (QED) is 0.895. The summed E-state index contributed by atoms with van der Waals surface area (Å²) in [6.45, 7) is 3.84. The Balaban J connectivity index is 1.87. The Bertz CT molecular complexity index is 590. The number of aromatic nitrogens is 3. The van der Waals surface area contributed by atoms with Gasteiger partial charge in [-0.15, -0.1) is 5.10 Å². The lowest BCUT2D eigenvalue weighted by atomic mass is 10.2. The molecule has 1 aliphatic rings. The van der Waals surface area contributed by atoms with Crippen LogP contribution in [0, 0.1) is 0 Å². The van der Waals surface area contributed by atoms with Crippen LogP contribution in [-0.2, 0) is 0 Å². The SMILES string of the molecule is Clc1ccc(Cl)c(-c2nc(N3CCCNCC3)n[nH]2)c1. The molecule has 2 aromatic rings. The molecule has 0 saturated carbocycles. The monoisotopic (exact) mass is 311 g/mol. The number of anilines is 1. The Morgan fingerprint density at radius 3 is 2.95 bits per heavy atom. The van der Waals surface area contributed by atoms with E-state index in [0.717, 1.165) is 38.2 Å². The average molecular weight is 312 g/mol. The molecule has 0 atom stereocenters. The lowest BCUT2D eigenvalue weighted by Gasteiger charge is -2.16. The molecule has 0 aliphatic carbocycles. The Morgan fingerprint density at radius 2 is 2.05 bits per heavy atom. The number of benzene rings is 1. The van der Waals surface area contributed by atoms with E-state index in [2.05, 4.69) is 25.4 Å². The third-order valence-corrected chi connectivity index (χ3v) is 3.84. The molecular formula is C13H15Cl2N5. The Morgan fingerprint density at radius 1 is 1.15 bits per heavy atom. The highest BCUT2D eigenvalue weighted by Crippen LogP contribution is 2.29. The van der Waals surface area contributed by atoms with Crippen molar-refractivity contribution in [1.82, 2.24) is 20.5 Å². The van der Waals surface area contributed by atoms with Gasteiger partial charge in [-0.05, 0) is 31.2 Å². The number of nitrogens with one attached hydrogen (secondary N) is 2. The normalized spacial score (nSPS) is 16.2. The zero-order valence-corrected chi connectivity index (χ0v) is 12.4. The summed E-state index contributed by atoms with van der Waals surface area (Å²) in [5.41, 5.74) is 0.769. The molecule has 0 amide bonds. The van der Waals surface area contributed by atoms with Gasteiger partial charge < -0.3 is 10.2 Å². The van der Waals surface area contributed by atoms with Crippen LogP contribution in [0.1, 0.15) is 6.42 Å². The predicted molar refractivity (Wildman–Crippen MR) is 81.5 cm³/mol. The minimum absolute atomic E-state index is 0.606. The summed E-state index contributed by atoms with van der Waals surface area (Å²) >= 11 is 12.2. The molecule has 1 aliphatic heterocycles. The zero-order chi connectivity index (χ0) is 13.9. The number of nitrogens with zero attached hydrogens (tertiary/aromatic N) is 3. The van der Waals surface area contributed by atoms with Crippen molar-refractivity contribution in [3.05, 3.63) is 28.2 Å². The zero-order valence-electron chi connectivity index (χ0n) is 10.9. The second-order valence-corrected chi connectivity index (χ2v) is 5.54. The second-order valence-electron chi connectivity index (χ2n) is 4.70. The molecule has 1 aromatic heterocycles. The van der Waals surface area contributed by atoms with E-state index >= 15 is 0 Å². The molecule has 3 rings (SSSR count). The highest BCUT2D eigenvalue weighted by atomic mass is 35.5. The van der Waals surface area contributed by atoms with Crippen LogP contribution >= 0.6 is 23.2 Å². The predicted octanol–water partition coefficient (Wildman–Crippen LogP) is 2.58. The van der Waals surface area contributed by atoms with Crippen LogP contribution in [-0.4, -0.2) is 41.4 Å². The number of hydrogen-bond donors (Lipinski definition) is 2. The summed E-state index contributed by atoms with van der Waals surface area (Å²) < 4.78 is 0. The van der Waals surface area contributed by atoms with Gasteiger partial charge in [0.15, 0.2) is 5.82 Å². The van der Waals surface area contributed by atoms with E-state index in [-0.39, 0.29) is 0 Å². The van der Waals surface area contributed by atoms with Crippen molar-refractivity contribution in [3.63, 3.8) is 0 Å². The number of halogens is 2. The number of hydrogen-bond acceptors (Lipinski definition) is 4. The Kier molecular flexibility index (Phi) is 4.10. The molecule has 0 spiro atoms. The van der Waals surface area contributed by atoms with E-state index in [0.29, 0.717) is 21.8 Å². The van der Waals surface area contributed by atoms with Crippen LogP contribution in [0.4, 0.5) is 5.95 Å². The van der Waals surface area contributed by atoms with Crippen molar-refractivity contribution < 1.29 is 0 Å². The fourth-order valence-corrected chi connectivity index (χ4v) is 2.62. The molecule has 1 aromatic carbocycles.